The SMILES string of the molecule is CCCCCCCCCCCCCCCCCCCCCCCCCCC(CCCCCCCCCCCCCCCCCCCCCCCC)(CCCCCCCCCCCCCCCCCCCCCCCCC)C(CCCCCCCCCCCCCCCCCCCCCCC)CCCCCCCCCCCCCCCCCCCCCCCCC. The molecule has 0 aromatic heterocycles. The van der Waals surface area contributed by atoms with E-state index in [0.29, 0.717) is 5.41 Å². The Morgan fingerprint density at radius 3 is 0.248 bits per heavy atom. The van der Waals surface area contributed by atoms with Gasteiger partial charge in [0, 0.05) is 0 Å². The Morgan fingerprint density at radius 2 is 0.160 bits per heavy atom. The first-order chi connectivity index (χ1) is 62.2. The van der Waals surface area contributed by atoms with E-state index in [1.165, 1.54) is 726 Å². The van der Waals surface area contributed by atoms with Gasteiger partial charge in [-0.2, -0.15) is 0 Å². The molecule has 0 heteroatoms. The maximum atomic E-state index is 2.34. The van der Waals surface area contributed by atoms with E-state index in [-0.39, 0.29) is 0 Å². The van der Waals surface area contributed by atoms with Gasteiger partial charge >= 0.3 is 0 Å². The summed E-state index contributed by atoms with van der Waals surface area (Å²) in [5.41, 5.74) is 0.592. The molecule has 0 saturated heterocycles. The molecule has 0 heterocycles. The summed E-state index contributed by atoms with van der Waals surface area (Å²) >= 11 is 0. The molecular weight excluding hydrogens is 1500 g/mol. The molecule has 0 spiro atoms. The van der Waals surface area contributed by atoms with Crippen LogP contribution in [0.2, 0.25) is 0 Å². The van der Waals surface area contributed by atoms with E-state index in [1.807, 2.05) is 0 Å². The lowest BCUT2D eigenvalue weighted by atomic mass is 9.62. The van der Waals surface area contributed by atoms with Gasteiger partial charge in [-0.05, 0) is 43.4 Å². The van der Waals surface area contributed by atoms with Crippen LogP contribution in [0.25, 0.3) is 0 Å². The first-order valence-electron chi connectivity index (χ1n) is 62.2. The molecular formula is C125H252. The lowest BCUT2D eigenvalue weighted by Gasteiger charge is -2.43. The van der Waals surface area contributed by atoms with E-state index in [0.717, 1.165) is 5.92 Å². The normalized spacial score (nSPS) is 12.6. The van der Waals surface area contributed by atoms with Crippen molar-refractivity contribution in [3.05, 3.63) is 0 Å². The molecule has 0 N–H and O–H groups in total. The summed E-state index contributed by atoms with van der Waals surface area (Å²) in [6, 6.07) is 0. The molecule has 0 radical (unpaired) electrons. The number of hydrogen-bond acceptors (Lipinski definition) is 0. The second kappa shape index (κ2) is 116. The first-order valence-corrected chi connectivity index (χ1v) is 62.2. The third kappa shape index (κ3) is 106. The van der Waals surface area contributed by atoms with Gasteiger partial charge in [-0.3, -0.25) is 0 Å². The molecule has 2 atom stereocenters. The van der Waals surface area contributed by atoms with Gasteiger partial charge in [-0.15, -0.1) is 0 Å². The number of rotatable bonds is 119. The van der Waals surface area contributed by atoms with Gasteiger partial charge in [0.2, 0.25) is 0 Å². The molecule has 0 aromatic carbocycles. The number of hydrogen-bond donors (Lipinski definition) is 0. The Bertz CT molecular complexity index is 1750. The molecule has 2 unspecified atom stereocenters. The van der Waals surface area contributed by atoms with Gasteiger partial charge < -0.3 is 0 Å². The zero-order valence-electron chi connectivity index (χ0n) is 89.5. The van der Waals surface area contributed by atoms with Crippen LogP contribution in [0.1, 0.15) is 792 Å². The highest BCUT2D eigenvalue weighted by Gasteiger charge is 2.37. The molecule has 0 aliphatic carbocycles. The van der Waals surface area contributed by atoms with Gasteiger partial charge in [0.25, 0.3) is 0 Å². The molecule has 752 valence electrons. The van der Waals surface area contributed by atoms with Crippen molar-refractivity contribution in [1.29, 1.82) is 0 Å². The highest BCUT2D eigenvalue weighted by Crippen LogP contribution is 2.49. The molecule has 0 aliphatic rings. The van der Waals surface area contributed by atoms with Crippen molar-refractivity contribution in [2.75, 3.05) is 0 Å². The van der Waals surface area contributed by atoms with E-state index in [4.69, 9.17) is 0 Å². The minimum atomic E-state index is 0.592. The molecule has 0 nitrogen and oxygen atoms in total. The Morgan fingerprint density at radius 1 is 0.0880 bits per heavy atom. The third-order valence-corrected chi connectivity index (χ3v) is 31.5. The zero-order chi connectivity index (χ0) is 89.5. The highest BCUT2D eigenvalue weighted by molar-refractivity contribution is 4.88. The first kappa shape index (κ1) is 125. The lowest BCUT2D eigenvalue weighted by molar-refractivity contribution is 0.0813. The predicted molar refractivity (Wildman–Crippen MR) is 579 cm³/mol. The van der Waals surface area contributed by atoms with E-state index >= 15 is 0 Å². The van der Waals surface area contributed by atoms with Gasteiger partial charge in [0.1, 0.15) is 0 Å². The Balaban J connectivity index is 6.00. The van der Waals surface area contributed by atoms with E-state index < -0.39 is 0 Å². The number of unbranched alkanes of at least 4 members (excludes halogenated alkanes) is 108. The second-order valence-electron chi connectivity index (χ2n) is 44.1. The Hall–Kier alpha value is 0. The fraction of sp³-hybridized carbons (Fsp3) is 1.00. The van der Waals surface area contributed by atoms with Crippen molar-refractivity contribution in [3.63, 3.8) is 0 Å². The molecule has 125 heavy (non-hydrogen) atoms. The molecule has 0 bridgehead atoms. The zero-order valence-corrected chi connectivity index (χ0v) is 89.5. The van der Waals surface area contributed by atoms with Crippen molar-refractivity contribution < 1.29 is 0 Å². The average molecular weight is 1760 g/mol. The lowest BCUT2D eigenvalue weighted by Crippen LogP contribution is -2.32. The van der Waals surface area contributed by atoms with Crippen LogP contribution in [0.5, 0.6) is 0 Å². The summed E-state index contributed by atoms with van der Waals surface area (Å²) in [4.78, 5) is 0. The molecule has 0 amide bonds. The van der Waals surface area contributed by atoms with Crippen LogP contribution in [0.4, 0.5) is 0 Å². The molecule has 0 aliphatic heterocycles. The fourth-order valence-corrected chi connectivity index (χ4v) is 22.5. The smallest absolute Gasteiger partial charge is 0.0269 e. The maximum absolute atomic E-state index is 2.34. The van der Waals surface area contributed by atoms with E-state index in [2.05, 4.69) is 34.6 Å². The molecule has 0 rings (SSSR count). The molecule has 0 fully saturated rings. The minimum absolute atomic E-state index is 0.592. The van der Waals surface area contributed by atoms with Gasteiger partial charge in [-0.1, -0.05) is 760 Å². The van der Waals surface area contributed by atoms with Crippen molar-refractivity contribution in [1.82, 2.24) is 0 Å². The van der Waals surface area contributed by atoms with Crippen LogP contribution in [0.15, 0.2) is 0 Å². The van der Waals surface area contributed by atoms with Crippen LogP contribution < -0.4 is 0 Å². The summed E-state index contributed by atoms with van der Waals surface area (Å²) < 4.78 is 0. The largest absolute Gasteiger partial charge is 0.0654 e. The van der Waals surface area contributed by atoms with E-state index in [1.54, 1.807) is 32.1 Å². The fourth-order valence-electron chi connectivity index (χ4n) is 22.5. The van der Waals surface area contributed by atoms with Crippen molar-refractivity contribution in [2.45, 2.75) is 792 Å². The minimum Gasteiger partial charge on any atom is -0.0654 e. The summed E-state index contributed by atoms with van der Waals surface area (Å²) in [7, 11) is 0. The van der Waals surface area contributed by atoms with Crippen molar-refractivity contribution in [3.8, 4) is 0 Å². The third-order valence-electron chi connectivity index (χ3n) is 31.5. The molecule has 0 aromatic rings. The summed E-state index contributed by atoms with van der Waals surface area (Å²) in [5.74, 6) is 0.969. The van der Waals surface area contributed by atoms with Crippen LogP contribution in [0.3, 0.4) is 0 Å². The van der Waals surface area contributed by atoms with Crippen LogP contribution in [-0.2, 0) is 0 Å². The monoisotopic (exact) mass is 1750 g/mol. The van der Waals surface area contributed by atoms with Gasteiger partial charge in [0.15, 0.2) is 0 Å². The highest BCUT2D eigenvalue weighted by atomic mass is 14.4. The Kier molecular flexibility index (Phi) is 116. The van der Waals surface area contributed by atoms with Gasteiger partial charge in [0.05, 0.1) is 0 Å². The average Bonchev–Trinajstić information content (AvgIpc) is 0.823. The second-order valence-corrected chi connectivity index (χ2v) is 44.1. The van der Waals surface area contributed by atoms with Crippen molar-refractivity contribution in [2.24, 2.45) is 11.3 Å². The maximum Gasteiger partial charge on any atom is -0.0269 e. The summed E-state index contributed by atoms with van der Waals surface area (Å²) in [5, 5.41) is 0. The van der Waals surface area contributed by atoms with Crippen LogP contribution in [-0.4, -0.2) is 0 Å². The predicted octanol–water partition coefficient (Wildman–Crippen LogP) is 48.7. The standard InChI is InChI=1S/C125H252/c1-6-11-16-21-26-31-36-41-46-51-56-61-65-68-73-78-83-88-93-98-103-108-113-118-123-125(121-116-111-106-101-96-91-86-81-76-71-64-59-54-49-44-39-34-29-24-19-14-9-4,122-117-112-107-102-97-92-87-82-77-72-67-63-58-53-48-43-38-33-28-23-18-13-8-3)124(119-114-109-104-99-94-89-84-79-74-69-60-55-50-45-40-35-30-25-20-15-10-5)120-115-110-105-100-95-90-85-80-75-70-66-62-57-52-47-42-37-32-27-22-17-12-7-2/h124H,6-123H2,1-5H3. The summed E-state index contributed by atoms with van der Waals surface area (Å²) in [6.07, 6.45) is 176. The van der Waals surface area contributed by atoms with Gasteiger partial charge in [-0.25, -0.2) is 0 Å². The quantitative estimate of drug-likeness (QED) is 0.0533. The molecule has 0 saturated carbocycles. The van der Waals surface area contributed by atoms with Crippen LogP contribution >= 0.6 is 0 Å². The van der Waals surface area contributed by atoms with E-state index in [9.17, 15) is 0 Å². The Labute approximate surface area is 798 Å². The van der Waals surface area contributed by atoms with Crippen LogP contribution in [0, 0.1) is 11.3 Å². The summed E-state index contributed by atoms with van der Waals surface area (Å²) in [6.45, 7) is 11.7. The topological polar surface area (TPSA) is 0 Å². The van der Waals surface area contributed by atoms with Crippen molar-refractivity contribution >= 4 is 0 Å².